The normalized spacial score (nSPS) is 10.3. The van der Waals surface area contributed by atoms with Crippen molar-refractivity contribution in [2.24, 2.45) is 0 Å². The van der Waals surface area contributed by atoms with E-state index in [2.05, 4.69) is 17.6 Å². The second-order valence-electron chi connectivity index (χ2n) is 6.33. The first-order valence-corrected chi connectivity index (χ1v) is 10.1. The Morgan fingerprint density at radius 2 is 1.83 bits per heavy atom. The monoisotopic (exact) mass is 416 g/mol. The highest BCUT2D eigenvalue weighted by molar-refractivity contribution is 7.80. The van der Waals surface area contributed by atoms with Crippen LogP contribution in [-0.4, -0.2) is 38.0 Å². The van der Waals surface area contributed by atoms with Gasteiger partial charge in [0.1, 0.15) is 18.1 Å². The Kier molecular flexibility index (Phi) is 9.95. The van der Waals surface area contributed by atoms with Crippen molar-refractivity contribution in [1.82, 2.24) is 5.32 Å². The van der Waals surface area contributed by atoms with E-state index in [4.69, 9.17) is 26.4 Å². The number of unbranched alkanes of at least 4 members (excludes halogenated alkanes) is 2. The maximum atomic E-state index is 12.6. The van der Waals surface area contributed by atoms with E-state index < -0.39 is 0 Å². The molecule has 6 nitrogen and oxygen atoms in total. The van der Waals surface area contributed by atoms with Crippen LogP contribution in [0.25, 0.3) is 0 Å². The van der Waals surface area contributed by atoms with E-state index in [1.54, 1.807) is 31.4 Å². The van der Waals surface area contributed by atoms with E-state index >= 15 is 0 Å². The molecule has 156 valence electrons. The number of benzene rings is 2. The Labute approximate surface area is 177 Å². The Bertz CT molecular complexity index is 798. The molecular formula is C22H28N2O4S. The third-order valence-electron chi connectivity index (χ3n) is 4.01. The minimum atomic E-state index is -0.318. The van der Waals surface area contributed by atoms with E-state index in [0.717, 1.165) is 19.3 Å². The van der Waals surface area contributed by atoms with Gasteiger partial charge in [-0.05, 0) is 42.9 Å². The summed E-state index contributed by atoms with van der Waals surface area (Å²) in [7, 11) is 1.62. The molecule has 0 aliphatic rings. The molecule has 0 spiro atoms. The van der Waals surface area contributed by atoms with Gasteiger partial charge < -0.3 is 19.5 Å². The zero-order chi connectivity index (χ0) is 20.9. The number of thiocarbonyl (C=S) groups is 1. The van der Waals surface area contributed by atoms with Crippen molar-refractivity contribution in [3.05, 3.63) is 54.1 Å². The topological polar surface area (TPSA) is 68.8 Å². The number of methoxy groups -OCH3 is 1. The highest BCUT2D eigenvalue weighted by Crippen LogP contribution is 2.19. The molecule has 0 fully saturated rings. The number of ether oxygens (including phenoxy) is 3. The third-order valence-corrected chi connectivity index (χ3v) is 4.22. The van der Waals surface area contributed by atoms with Gasteiger partial charge in [-0.3, -0.25) is 10.1 Å². The van der Waals surface area contributed by atoms with Gasteiger partial charge in [0.2, 0.25) is 0 Å². The molecule has 29 heavy (non-hydrogen) atoms. The first kappa shape index (κ1) is 22.6. The molecule has 0 atom stereocenters. The lowest BCUT2D eigenvalue weighted by Gasteiger charge is -2.13. The molecule has 0 saturated carbocycles. The molecule has 2 N–H and O–H groups in total. The van der Waals surface area contributed by atoms with Crippen molar-refractivity contribution in [3.63, 3.8) is 0 Å². The summed E-state index contributed by atoms with van der Waals surface area (Å²) in [5, 5.41) is 5.90. The molecular weight excluding hydrogens is 388 g/mol. The zero-order valence-corrected chi connectivity index (χ0v) is 17.7. The van der Waals surface area contributed by atoms with Crippen LogP contribution in [0.15, 0.2) is 48.5 Å². The molecule has 0 heterocycles. The van der Waals surface area contributed by atoms with Gasteiger partial charge in [0, 0.05) is 18.9 Å². The second-order valence-corrected chi connectivity index (χ2v) is 6.74. The number of carbonyl (C=O) groups is 1. The Morgan fingerprint density at radius 1 is 1.00 bits per heavy atom. The van der Waals surface area contributed by atoms with Gasteiger partial charge >= 0.3 is 0 Å². The highest BCUT2D eigenvalue weighted by Gasteiger charge is 2.13. The molecule has 0 aromatic heterocycles. The van der Waals surface area contributed by atoms with Crippen LogP contribution in [-0.2, 0) is 4.74 Å². The average molecular weight is 417 g/mol. The summed E-state index contributed by atoms with van der Waals surface area (Å²) in [6, 6.07) is 14.5. The SMILES string of the molecule is CCCCCOc1ccccc1C(=O)NC(=S)Nc1cccc(OCCOC)c1. The molecule has 0 bridgehead atoms. The molecule has 0 saturated heterocycles. The number of rotatable bonds is 11. The zero-order valence-electron chi connectivity index (χ0n) is 16.9. The fraction of sp³-hybridized carbons (Fsp3) is 0.364. The van der Waals surface area contributed by atoms with E-state index in [0.29, 0.717) is 42.6 Å². The molecule has 0 aliphatic heterocycles. The Hall–Kier alpha value is -2.64. The lowest BCUT2D eigenvalue weighted by atomic mass is 10.2. The molecule has 2 aromatic carbocycles. The summed E-state index contributed by atoms with van der Waals surface area (Å²) < 4.78 is 16.3. The van der Waals surface area contributed by atoms with Gasteiger partial charge in [0.05, 0.1) is 18.8 Å². The van der Waals surface area contributed by atoms with Gasteiger partial charge in [-0.25, -0.2) is 0 Å². The van der Waals surface area contributed by atoms with Gasteiger partial charge in [-0.1, -0.05) is 38.0 Å². The molecule has 2 aromatic rings. The number of nitrogens with one attached hydrogen (secondary N) is 2. The van der Waals surface area contributed by atoms with Crippen LogP contribution in [0.2, 0.25) is 0 Å². The smallest absolute Gasteiger partial charge is 0.261 e. The highest BCUT2D eigenvalue weighted by atomic mass is 32.1. The maximum absolute atomic E-state index is 12.6. The molecule has 1 amide bonds. The first-order chi connectivity index (χ1) is 14.1. The summed E-state index contributed by atoms with van der Waals surface area (Å²) in [4.78, 5) is 12.6. The molecule has 2 rings (SSSR count). The molecule has 0 unspecified atom stereocenters. The lowest BCUT2D eigenvalue weighted by molar-refractivity contribution is 0.0973. The molecule has 7 heteroatoms. The van der Waals surface area contributed by atoms with Crippen LogP contribution >= 0.6 is 12.2 Å². The van der Waals surface area contributed by atoms with Crippen molar-refractivity contribution in [1.29, 1.82) is 0 Å². The number of para-hydroxylation sites is 1. The van der Waals surface area contributed by atoms with Gasteiger partial charge in [0.25, 0.3) is 5.91 Å². The van der Waals surface area contributed by atoms with Crippen molar-refractivity contribution in [2.75, 3.05) is 32.2 Å². The van der Waals surface area contributed by atoms with Crippen molar-refractivity contribution < 1.29 is 19.0 Å². The van der Waals surface area contributed by atoms with E-state index in [-0.39, 0.29) is 11.0 Å². The minimum Gasteiger partial charge on any atom is -0.493 e. The summed E-state index contributed by atoms with van der Waals surface area (Å²) in [6.45, 7) is 3.68. The average Bonchev–Trinajstić information content (AvgIpc) is 2.72. The number of carbonyl (C=O) groups excluding carboxylic acids is 1. The van der Waals surface area contributed by atoms with Gasteiger partial charge in [-0.2, -0.15) is 0 Å². The number of hydrogen-bond acceptors (Lipinski definition) is 5. The summed E-state index contributed by atoms with van der Waals surface area (Å²) in [5.41, 5.74) is 1.17. The van der Waals surface area contributed by atoms with E-state index in [1.807, 2.05) is 24.3 Å². The van der Waals surface area contributed by atoms with E-state index in [1.165, 1.54) is 0 Å². The number of anilines is 1. The van der Waals surface area contributed by atoms with Crippen LogP contribution in [0.1, 0.15) is 36.5 Å². The largest absolute Gasteiger partial charge is 0.493 e. The van der Waals surface area contributed by atoms with Crippen LogP contribution in [0.3, 0.4) is 0 Å². The predicted molar refractivity (Wildman–Crippen MR) is 119 cm³/mol. The summed E-state index contributed by atoms with van der Waals surface area (Å²) in [5.74, 6) is 0.922. The summed E-state index contributed by atoms with van der Waals surface area (Å²) >= 11 is 5.28. The maximum Gasteiger partial charge on any atom is 0.261 e. The van der Waals surface area contributed by atoms with Crippen LogP contribution in [0.5, 0.6) is 11.5 Å². The van der Waals surface area contributed by atoms with E-state index in [9.17, 15) is 4.79 Å². The fourth-order valence-corrected chi connectivity index (χ4v) is 2.76. The van der Waals surface area contributed by atoms with Gasteiger partial charge in [-0.15, -0.1) is 0 Å². The molecule has 0 radical (unpaired) electrons. The fourth-order valence-electron chi connectivity index (χ4n) is 2.55. The molecule has 0 aliphatic carbocycles. The first-order valence-electron chi connectivity index (χ1n) is 9.70. The predicted octanol–water partition coefficient (Wildman–Crippen LogP) is 4.41. The Morgan fingerprint density at radius 3 is 2.62 bits per heavy atom. The van der Waals surface area contributed by atoms with Crippen molar-refractivity contribution in [2.45, 2.75) is 26.2 Å². The number of amides is 1. The quantitative estimate of drug-likeness (QED) is 0.418. The summed E-state index contributed by atoms with van der Waals surface area (Å²) in [6.07, 6.45) is 3.16. The Balaban J connectivity index is 1.92. The van der Waals surface area contributed by atoms with Crippen molar-refractivity contribution >= 4 is 28.9 Å². The van der Waals surface area contributed by atoms with Gasteiger partial charge in [0.15, 0.2) is 5.11 Å². The minimum absolute atomic E-state index is 0.199. The van der Waals surface area contributed by atoms with Crippen LogP contribution in [0.4, 0.5) is 5.69 Å². The second kappa shape index (κ2) is 12.7. The third kappa shape index (κ3) is 8.09. The number of hydrogen-bond donors (Lipinski definition) is 2. The van der Waals surface area contributed by atoms with Crippen molar-refractivity contribution in [3.8, 4) is 11.5 Å². The van der Waals surface area contributed by atoms with Crippen LogP contribution < -0.4 is 20.1 Å². The van der Waals surface area contributed by atoms with Crippen LogP contribution in [0, 0.1) is 0 Å². The lowest BCUT2D eigenvalue weighted by Crippen LogP contribution is -2.34. The standard InChI is InChI=1S/C22H28N2O4S/c1-3-4-7-13-28-20-12-6-5-11-19(20)21(25)24-22(29)23-17-9-8-10-18(16-17)27-15-14-26-2/h5-6,8-12,16H,3-4,7,13-15H2,1-2H3,(H2,23,24,25,29).